The van der Waals surface area contributed by atoms with Crippen LogP contribution in [-0.2, 0) is 6.54 Å². The van der Waals surface area contributed by atoms with E-state index in [4.69, 9.17) is 5.73 Å². The van der Waals surface area contributed by atoms with Crippen molar-refractivity contribution in [2.45, 2.75) is 19.0 Å². The molecule has 0 aromatic carbocycles. The lowest BCUT2D eigenvalue weighted by Crippen LogP contribution is -2.26. The van der Waals surface area contributed by atoms with E-state index >= 15 is 0 Å². The summed E-state index contributed by atoms with van der Waals surface area (Å²) in [5.74, 6) is 0. The Kier molecular flexibility index (Phi) is 4.40. The molecule has 0 aliphatic carbocycles. The van der Waals surface area contributed by atoms with Gasteiger partial charge in [0.2, 0.25) is 0 Å². The van der Waals surface area contributed by atoms with E-state index in [2.05, 4.69) is 31.9 Å². The second-order valence-corrected chi connectivity index (χ2v) is 5.35. The van der Waals surface area contributed by atoms with E-state index in [-0.39, 0.29) is 12.4 Å². The largest absolute Gasteiger partial charge is 0.326 e. The van der Waals surface area contributed by atoms with Gasteiger partial charge in [0.15, 0.2) is 0 Å². The summed E-state index contributed by atoms with van der Waals surface area (Å²) in [6.07, 6.45) is 3.03. The minimum absolute atomic E-state index is 0. The highest BCUT2D eigenvalue weighted by atomic mass is 35.5. The summed E-state index contributed by atoms with van der Waals surface area (Å²) in [7, 11) is 0. The molecule has 1 aliphatic rings. The van der Waals surface area contributed by atoms with Gasteiger partial charge >= 0.3 is 0 Å². The molecule has 0 bridgehead atoms. The molecule has 6 heteroatoms. The number of H-pyrrole nitrogens is 1. The monoisotopic (exact) mass is 284 g/mol. The highest BCUT2D eigenvalue weighted by Gasteiger charge is 2.20. The number of halogens is 1. The van der Waals surface area contributed by atoms with E-state index in [0.29, 0.717) is 6.04 Å². The summed E-state index contributed by atoms with van der Waals surface area (Å²) in [5.41, 5.74) is 9.56. The first kappa shape index (κ1) is 13.5. The van der Waals surface area contributed by atoms with Gasteiger partial charge in [-0.2, -0.15) is 16.4 Å². The number of hydrogen-bond acceptors (Lipinski definition) is 4. The van der Waals surface area contributed by atoms with Crippen molar-refractivity contribution >= 4 is 23.7 Å². The Morgan fingerprint density at radius 1 is 1.56 bits per heavy atom. The number of aromatic nitrogens is 2. The van der Waals surface area contributed by atoms with Crippen molar-refractivity contribution in [1.29, 1.82) is 0 Å². The van der Waals surface area contributed by atoms with Crippen molar-refractivity contribution in [3.05, 3.63) is 28.6 Å². The molecule has 1 fully saturated rings. The first-order valence-corrected chi connectivity index (χ1v) is 6.80. The van der Waals surface area contributed by atoms with Crippen LogP contribution < -0.4 is 5.73 Å². The number of rotatable bonds is 3. The average molecular weight is 285 g/mol. The molecule has 2 aromatic heterocycles. The van der Waals surface area contributed by atoms with Crippen molar-refractivity contribution < 1.29 is 0 Å². The summed E-state index contributed by atoms with van der Waals surface area (Å²) in [4.78, 5) is 2.39. The Bertz CT molecular complexity index is 482. The molecule has 0 amide bonds. The molecule has 18 heavy (non-hydrogen) atoms. The zero-order valence-corrected chi connectivity index (χ0v) is 11.6. The van der Waals surface area contributed by atoms with Crippen LogP contribution in [0.5, 0.6) is 0 Å². The van der Waals surface area contributed by atoms with Crippen LogP contribution in [0.3, 0.4) is 0 Å². The molecule has 0 saturated carbocycles. The van der Waals surface area contributed by atoms with Crippen LogP contribution in [0.15, 0.2) is 23.0 Å². The third-order valence-corrected chi connectivity index (χ3v) is 3.91. The van der Waals surface area contributed by atoms with Gasteiger partial charge in [-0.3, -0.25) is 10.00 Å². The molecule has 3 heterocycles. The zero-order chi connectivity index (χ0) is 11.7. The fourth-order valence-electron chi connectivity index (χ4n) is 2.33. The molecule has 98 valence electrons. The Morgan fingerprint density at radius 3 is 3.11 bits per heavy atom. The third kappa shape index (κ3) is 2.75. The normalized spacial score (nSPS) is 19.9. The predicted molar refractivity (Wildman–Crippen MR) is 77.0 cm³/mol. The van der Waals surface area contributed by atoms with Crippen LogP contribution in [-0.4, -0.2) is 34.2 Å². The average Bonchev–Trinajstić information content (AvgIpc) is 3.00. The highest BCUT2D eigenvalue weighted by molar-refractivity contribution is 7.08. The Hall–Kier alpha value is -0.880. The summed E-state index contributed by atoms with van der Waals surface area (Å²) in [6.45, 7) is 3.03. The van der Waals surface area contributed by atoms with E-state index in [1.807, 2.05) is 6.20 Å². The van der Waals surface area contributed by atoms with Crippen molar-refractivity contribution in [2.75, 3.05) is 13.1 Å². The first-order valence-electron chi connectivity index (χ1n) is 5.85. The van der Waals surface area contributed by atoms with Crippen LogP contribution in [0.4, 0.5) is 0 Å². The van der Waals surface area contributed by atoms with Crippen LogP contribution in [0, 0.1) is 0 Å². The van der Waals surface area contributed by atoms with Gasteiger partial charge in [0, 0.05) is 42.2 Å². The second kappa shape index (κ2) is 5.84. The molecular formula is C12H17ClN4S. The minimum Gasteiger partial charge on any atom is -0.326 e. The fourth-order valence-corrected chi connectivity index (χ4v) is 2.98. The van der Waals surface area contributed by atoms with Crippen LogP contribution in [0.2, 0.25) is 0 Å². The second-order valence-electron chi connectivity index (χ2n) is 4.57. The molecule has 0 radical (unpaired) electrons. The summed E-state index contributed by atoms with van der Waals surface area (Å²) in [6, 6.07) is 2.46. The van der Waals surface area contributed by atoms with Gasteiger partial charge in [0.05, 0.1) is 11.9 Å². The maximum Gasteiger partial charge on any atom is 0.0703 e. The number of thiophene rings is 1. The van der Waals surface area contributed by atoms with E-state index < -0.39 is 0 Å². The van der Waals surface area contributed by atoms with Crippen molar-refractivity contribution in [1.82, 2.24) is 15.1 Å². The lowest BCUT2D eigenvalue weighted by molar-refractivity contribution is 0.327. The minimum atomic E-state index is 0. The quantitative estimate of drug-likeness (QED) is 0.907. The van der Waals surface area contributed by atoms with Gasteiger partial charge in [-0.05, 0) is 17.9 Å². The molecule has 1 aliphatic heterocycles. The van der Waals surface area contributed by atoms with E-state index in [0.717, 1.165) is 31.7 Å². The van der Waals surface area contributed by atoms with Gasteiger partial charge in [0.1, 0.15) is 0 Å². The van der Waals surface area contributed by atoms with Gasteiger partial charge in [0.25, 0.3) is 0 Å². The maximum atomic E-state index is 5.92. The summed E-state index contributed by atoms with van der Waals surface area (Å²) in [5, 5.41) is 11.5. The van der Waals surface area contributed by atoms with Crippen molar-refractivity contribution in [2.24, 2.45) is 5.73 Å². The van der Waals surface area contributed by atoms with Crippen molar-refractivity contribution in [3.63, 3.8) is 0 Å². The van der Waals surface area contributed by atoms with Gasteiger partial charge in [-0.15, -0.1) is 12.4 Å². The van der Waals surface area contributed by atoms with Gasteiger partial charge < -0.3 is 5.73 Å². The summed E-state index contributed by atoms with van der Waals surface area (Å²) >= 11 is 1.71. The van der Waals surface area contributed by atoms with E-state index in [1.165, 1.54) is 11.1 Å². The zero-order valence-electron chi connectivity index (χ0n) is 10.0. The van der Waals surface area contributed by atoms with Crippen molar-refractivity contribution in [3.8, 4) is 11.3 Å². The smallest absolute Gasteiger partial charge is 0.0703 e. The van der Waals surface area contributed by atoms with Gasteiger partial charge in [-0.25, -0.2) is 0 Å². The molecule has 2 aromatic rings. The molecular weight excluding hydrogens is 268 g/mol. The SMILES string of the molecule is Cl.N[C@H]1CCN(Cc2cn[nH]c2-c2ccsc2)C1. The molecule has 1 saturated heterocycles. The number of nitrogens with one attached hydrogen (secondary N) is 1. The lowest BCUT2D eigenvalue weighted by Gasteiger charge is -2.14. The Morgan fingerprint density at radius 2 is 2.44 bits per heavy atom. The first-order chi connectivity index (χ1) is 8.33. The number of likely N-dealkylation sites (tertiary alicyclic amines) is 1. The Labute approximate surface area is 117 Å². The number of aromatic amines is 1. The lowest BCUT2D eigenvalue weighted by atomic mass is 10.1. The standard InChI is InChI=1S/C12H16N4S.ClH/c13-11-1-3-16(7-11)6-10-5-14-15-12(10)9-2-4-17-8-9;/h2,4-5,8,11H,1,3,6-7,13H2,(H,14,15);1H/t11-;/m0./s1. The third-order valence-electron chi connectivity index (χ3n) is 3.23. The topological polar surface area (TPSA) is 57.9 Å². The number of nitrogens with two attached hydrogens (primary N) is 1. The van der Waals surface area contributed by atoms with E-state index in [1.54, 1.807) is 11.3 Å². The molecule has 4 nitrogen and oxygen atoms in total. The van der Waals surface area contributed by atoms with Crippen LogP contribution in [0.1, 0.15) is 12.0 Å². The maximum absolute atomic E-state index is 5.92. The molecule has 0 spiro atoms. The Balaban J connectivity index is 0.00000120. The summed E-state index contributed by atoms with van der Waals surface area (Å²) < 4.78 is 0. The molecule has 3 rings (SSSR count). The number of nitrogens with zero attached hydrogens (tertiary/aromatic N) is 2. The number of hydrogen-bond donors (Lipinski definition) is 2. The highest BCUT2D eigenvalue weighted by Crippen LogP contribution is 2.25. The predicted octanol–water partition coefficient (Wildman–Crippen LogP) is 2.09. The van der Waals surface area contributed by atoms with Crippen LogP contribution >= 0.6 is 23.7 Å². The molecule has 0 unspecified atom stereocenters. The molecule has 1 atom stereocenters. The molecule has 3 N–H and O–H groups in total. The van der Waals surface area contributed by atoms with Gasteiger partial charge in [-0.1, -0.05) is 0 Å². The fraction of sp³-hybridized carbons (Fsp3) is 0.417. The van der Waals surface area contributed by atoms with E-state index in [9.17, 15) is 0 Å². The van der Waals surface area contributed by atoms with Crippen LogP contribution in [0.25, 0.3) is 11.3 Å².